The number of aryl methyl sites for hydroxylation is 1. The number of rotatable bonds is 1. The zero-order chi connectivity index (χ0) is 7.72. The summed E-state index contributed by atoms with van der Waals surface area (Å²) in [6.07, 6.45) is 0. The summed E-state index contributed by atoms with van der Waals surface area (Å²) in [4.78, 5) is 0.874. The fraction of sp³-hybridized carbons (Fsp3) is 0.200. The topological polar surface area (TPSA) is 37.3 Å². The highest BCUT2D eigenvalue weighted by molar-refractivity contribution is 7.81. The molecular formula is C5H5ClO2S2. The maximum Gasteiger partial charge on any atom is 0.196 e. The van der Waals surface area contributed by atoms with Crippen LogP contribution in [0.3, 0.4) is 0 Å². The molecule has 0 fully saturated rings. The lowest BCUT2D eigenvalue weighted by atomic mass is 10.5. The standard InChI is InChI=1S/C5H5ClO2S2/c1-3-4(6)2-5(9-3)10(7)8/h2H,1H3,(H,7,8). The minimum Gasteiger partial charge on any atom is -0.302 e. The molecule has 1 atom stereocenters. The Morgan fingerprint density at radius 2 is 2.40 bits per heavy atom. The molecule has 1 aromatic rings. The summed E-state index contributed by atoms with van der Waals surface area (Å²) in [7, 11) is 0. The third-order valence-electron chi connectivity index (χ3n) is 1.01. The van der Waals surface area contributed by atoms with Gasteiger partial charge < -0.3 is 4.55 Å². The van der Waals surface area contributed by atoms with Crippen molar-refractivity contribution < 1.29 is 8.76 Å². The lowest BCUT2D eigenvalue weighted by Gasteiger charge is -1.81. The van der Waals surface area contributed by atoms with E-state index < -0.39 is 11.1 Å². The van der Waals surface area contributed by atoms with Crippen molar-refractivity contribution in [2.45, 2.75) is 11.1 Å². The summed E-state index contributed by atoms with van der Waals surface area (Å²) in [6.45, 7) is 1.81. The van der Waals surface area contributed by atoms with Crippen molar-refractivity contribution in [3.63, 3.8) is 0 Å². The second-order valence-corrected chi connectivity index (χ2v) is 4.58. The van der Waals surface area contributed by atoms with Crippen molar-refractivity contribution in [3.8, 4) is 0 Å². The van der Waals surface area contributed by atoms with E-state index in [-0.39, 0.29) is 0 Å². The normalized spacial score (nSPS) is 13.5. The van der Waals surface area contributed by atoms with Gasteiger partial charge in [0, 0.05) is 4.88 Å². The van der Waals surface area contributed by atoms with Crippen LogP contribution in [0.2, 0.25) is 5.02 Å². The van der Waals surface area contributed by atoms with Gasteiger partial charge >= 0.3 is 0 Å². The molecular weight excluding hydrogens is 192 g/mol. The molecule has 0 saturated heterocycles. The zero-order valence-electron chi connectivity index (χ0n) is 5.13. The molecule has 0 saturated carbocycles. The summed E-state index contributed by atoms with van der Waals surface area (Å²) in [6, 6.07) is 1.51. The fourth-order valence-corrected chi connectivity index (χ4v) is 2.39. The van der Waals surface area contributed by atoms with Gasteiger partial charge in [0.25, 0.3) is 0 Å². The lowest BCUT2D eigenvalue weighted by Crippen LogP contribution is -1.79. The number of hydrogen-bond acceptors (Lipinski definition) is 2. The first kappa shape index (κ1) is 8.20. The van der Waals surface area contributed by atoms with Crippen molar-refractivity contribution in [1.29, 1.82) is 0 Å². The third kappa shape index (κ3) is 1.58. The Morgan fingerprint density at radius 1 is 1.80 bits per heavy atom. The van der Waals surface area contributed by atoms with E-state index in [2.05, 4.69) is 0 Å². The number of thiophene rings is 1. The van der Waals surface area contributed by atoms with Crippen LogP contribution in [-0.2, 0) is 11.1 Å². The molecule has 0 radical (unpaired) electrons. The van der Waals surface area contributed by atoms with E-state index in [1.165, 1.54) is 17.4 Å². The SMILES string of the molecule is Cc1sc(S(=O)O)cc1Cl. The van der Waals surface area contributed by atoms with Crippen LogP contribution in [0.1, 0.15) is 4.88 Å². The summed E-state index contributed by atoms with van der Waals surface area (Å²) in [5.74, 6) is 0. The van der Waals surface area contributed by atoms with Gasteiger partial charge in [-0.25, -0.2) is 4.21 Å². The van der Waals surface area contributed by atoms with Crippen molar-refractivity contribution in [2.75, 3.05) is 0 Å². The Bertz CT molecular complexity index is 249. The molecule has 0 aromatic carbocycles. The minimum absolute atomic E-state index is 0.405. The molecule has 1 unspecified atom stereocenters. The van der Waals surface area contributed by atoms with E-state index in [0.29, 0.717) is 9.23 Å². The average molecular weight is 197 g/mol. The van der Waals surface area contributed by atoms with Crippen LogP contribution >= 0.6 is 22.9 Å². The highest BCUT2D eigenvalue weighted by atomic mass is 35.5. The van der Waals surface area contributed by atoms with Gasteiger partial charge in [0.2, 0.25) is 0 Å². The van der Waals surface area contributed by atoms with E-state index in [9.17, 15) is 4.21 Å². The molecule has 2 nitrogen and oxygen atoms in total. The maximum absolute atomic E-state index is 10.4. The molecule has 10 heavy (non-hydrogen) atoms. The van der Waals surface area contributed by atoms with Gasteiger partial charge in [0.1, 0.15) is 4.21 Å². The highest BCUT2D eigenvalue weighted by Crippen LogP contribution is 2.27. The minimum atomic E-state index is -1.88. The Kier molecular flexibility index (Phi) is 2.46. The monoisotopic (exact) mass is 196 g/mol. The predicted octanol–water partition coefficient (Wildman–Crippen LogP) is 2.29. The fourth-order valence-electron chi connectivity index (χ4n) is 0.520. The largest absolute Gasteiger partial charge is 0.302 e. The Hall–Kier alpha value is 0.1000. The summed E-state index contributed by atoms with van der Waals surface area (Å²) < 4.78 is 19.4. The highest BCUT2D eigenvalue weighted by Gasteiger charge is 2.06. The van der Waals surface area contributed by atoms with E-state index in [1.54, 1.807) is 0 Å². The summed E-state index contributed by atoms with van der Waals surface area (Å²) in [5.41, 5.74) is 0. The molecule has 0 aliphatic carbocycles. The van der Waals surface area contributed by atoms with Crippen molar-refractivity contribution in [1.82, 2.24) is 0 Å². The van der Waals surface area contributed by atoms with Gasteiger partial charge in [-0.15, -0.1) is 11.3 Å². The van der Waals surface area contributed by atoms with Crippen LogP contribution in [0.15, 0.2) is 10.3 Å². The van der Waals surface area contributed by atoms with Gasteiger partial charge in [-0.2, -0.15) is 0 Å². The molecule has 56 valence electrons. The van der Waals surface area contributed by atoms with Crippen LogP contribution in [-0.4, -0.2) is 8.76 Å². The summed E-state index contributed by atoms with van der Waals surface area (Å²) >= 11 is 4.99. The molecule has 0 amide bonds. The molecule has 1 heterocycles. The van der Waals surface area contributed by atoms with E-state index in [4.69, 9.17) is 16.2 Å². The second-order valence-electron chi connectivity index (χ2n) is 1.72. The van der Waals surface area contributed by atoms with Crippen molar-refractivity contribution >= 4 is 34.0 Å². The molecule has 1 aromatic heterocycles. The van der Waals surface area contributed by atoms with Crippen LogP contribution < -0.4 is 0 Å². The molecule has 1 N–H and O–H groups in total. The van der Waals surface area contributed by atoms with Gasteiger partial charge in [-0.3, -0.25) is 0 Å². The Balaban J connectivity index is 3.10. The maximum atomic E-state index is 10.4. The lowest BCUT2D eigenvalue weighted by molar-refractivity contribution is 0.566. The molecule has 0 aliphatic heterocycles. The number of halogens is 1. The average Bonchev–Trinajstić information content (AvgIpc) is 2.13. The van der Waals surface area contributed by atoms with Gasteiger partial charge in [-0.05, 0) is 13.0 Å². The smallest absolute Gasteiger partial charge is 0.196 e. The van der Waals surface area contributed by atoms with Crippen molar-refractivity contribution in [3.05, 3.63) is 16.0 Å². The molecule has 0 bridgehead atoms. The first-order valence-electron chi connectivity index (χ1n) is 2.48. The van der Waals surface area contributed by atoms with Gasteiger partial charge in [-0.1, -0.05) is 11.6 Å². The van der Waals surface area contributed by atoms with E-state index in [0.717, 1.165) is 4.88 Å². The predicted molar refractivity (Wildman–Crippen MR) is 43.1 cm³/mol. The van der Waals surface area contributed by atoms with Crippen LogP contribution in [0.4, 0.5) is 0 Å². The van der Waals surface area contributed by atoms with E-state index in [1.807, 2.05) is 6.92 Å². The number of hydrogen-bond donors (Lipinski definition) is 1. The van der Waals surface area contributed by atoms with Crippen LogP contribution in [0.5, 0.6) is 0 Å². The first-order valence-corrected chi connectivity index (χ1v) is 4.78. The Labute approximate surface area is 70.1 Å². The van der Waals surface area contributed by atoms with Gasteiger partial charge in [0.05, 0.1) is 5.02 Å². The first-order chi connectivity index (χ1) is 4.61. The molecule has 0 spiro atoms. The van der Waals surface area contributed by atoms with Crippen LogP contribution in [0, 0.1) is 6.92 Å². The van der Waals surface area contributed by atoms with Crippen molar-refractivity contribution in [2.24, 2.45) is 0 Å². The van der Waals surface area contributed by atoms with E-state index >= 15 is 0 Å². The third-order valence-corrected chi connectivity index (χ3v) is 3.50. The summed E-state index contributed by atoms with van der Waals surface area (Å²) in [5, 5.41) is 0.558. The quantitative estimate of drug-likeness (QED) is 0.700. The molecule has 0 aliphatic rings. The molecule has 1 rings (SSSR count). The van der Waals surface area contributed by atoms with Gasteiger partial charge in [0.15, 0.2) is 11.1 Å². The molecule has 5 heteroatoms. The second kappa shape index (κ2) is 3.00. The zero-order valence-corrected chi connectivity index (χ0v) is 7.52. The Morgan fingerprint density at radius 3 is 2.60 bits per heavy atom. The van der Waals surface area contributed by atoms with Crippen LogP contribution in [0.25, 0.3) is 0 Å².